The second-order valence-corrected chi connectivity index (χ2v) is 7.19. The molecule has 110 valence electrons. The molecule has 3 rings (SSSR count). The van der Waals surface area contributed by atoms with Crippen LogP contribution in [-0.2, 0) is 0 Å². The molecular weight excluding hydrogens is 236 g/mol. The lowest BCUT2D eigenvalue weighted by molar-refractivity contribution is 0.00739. The average molecular weight is 266 g/mol. The number of hydrogen-bond acceptors (Lipinski definition) is 4. The first-order valence-electron chi connectivity index (χ1n) is 7.97. The van der Waals surface area contributed by atoms with Gasteiger partial charge >= 0.3 is 0 Å². The van der Waals surface area contributed by atoms with Crippen molar-refractivity contribution in [3.05, 3.63) is 0 Å². The summed E-state index contributed by atoms with van der Waals surface area (Å²) in [5, 5.41) is 0. The Morgan fingerprint density at radius 2 is 1.89 bits per heavy atom. The van der Waals surface area contributed by atoms with Crippen LogP contribution < -0.4 is 5.73 Å². The minimum atomic E-state index is 0.239. The lowest BCUT2D eigenvalue weighted by Gasteiger charge is -2.49. The van der Waals surface area contributed by atoms with Gasteiger partial charge in [0.05, 0.1) is 0 Å². The van der Waals surface area contributed by atoms with Gasteiger partial charge in [-0.15, -0.1) is 0 Å². The Balaban J connectivity index is 1.76. The van der Waals surface area contributed by atoms with Gasteiger partial charge in [0.2, 0.25) is 0 Å². The molecule has 3 fully saturated rings. The van der Waals surface area contributed by atoms with Crippen molar-refractivity contribution in [2.75, 3.05) is 39.8 Å². The second kappa shape index (κ2) is 4.99. The molecule has 0 aromatic rings. The van der Waals surface area contributed by atoms with Gasteiger partial charge in [-0.1, -0.05) is 0 Å². The van der Waals surface area contributed by atoms with Crippen LogP contribution in [0.25, 0.3) is 0 Å². The van der Waals surface area contributed by atoms with E-state index in [1.807, 2.05) is 0 Å². The van der Waals surface area contributed by atoms with Crippen LogP contribution in [0.5, 0.6) is 0 Å². The summed E-state index contributed by atoms with van der Waals surface area (Å²) in [7, 11) is 2.23. The van der Waals surface area contributed by atoms with Crippen LogP contribution in [0.2, 0.25) is 0 Å². The van der Waals surface area contributed by atoms with Crippen molar-refractivity contribution in [1.82, 2.24) is 14.7 Å². The molecule has 0 aromatic heterocycles. The van der Waals surface area contributed by atoms with E-state index < -0.39 is 0 Å². The third-order valence-electron chi connectivity index (χ3n) is 5.55. The molecule has 3 unspecified atom stereocenters. The molecule has 3 atom stereocenters. The summed E-state index contributed by atoms with van der Waals surface area (Å²) in [5.41, 5.74) is 6.50. The molecule has 4 heteroatoms. The van der Waals surface area contributed by atoms with Crippen LogP contribution in [0.4, 0.5) is 0 Å². The standard InChI is InChI=1S/C15H30N4/c1-12-8-15(10-16,11-18(12)14-4-5-14)19-7-6-17(3)9-13(19)2/h12-14H,4-11,16H2,1-3H3. The molecular formula is C15H30N4. The van der Waals surface area contributed by atoms with Gasteiger partial charge in [-0.3, -0.25) is 9.80 Å². The number of nitrogens with two attached hydrogens (primary N) is 1. The molecule has 19 heavy (non-hydrogen) atoms. The maximum Gasteiger partial charge on any atom is 0.0477 e. The summed E-state index contributed by atoms with van der Waals surface area (Å²) >= 11 is 0. The smallest absolute Gasteiger partial charge is 0.0477 e. The fourth-order valence-corrected chi connectivity index (χ4v) is 4.44. The van der Waals surface area contributed by atoms with E-state index in [0.717, 1.165) is 12.6 Å². The van der Waals surface area contributed by atoms with E-state index in [1.54, 1.807) is 0 Å². The molecule has 1 aliphatic carbocycles. The molecule has 0 bridgehead atoms. The Morgan fingerprint density at radius 1 is 1.16 bits per heavy atom. The quantitative estimate of drug-likeness (QED) is 0.810. The van der Waals surface area contributed by atoms with E-state index >= 15 is 0 Å². The SMILES string of the molecule is CC1CC(CN)(N2CCN(C)CC2C)CN1C1CC1. The molecule has 2 N–H and O–H groups in total. The van der Waals surface area contributed by atoms with Gasteiger partial charge in [-0.2, -0.15) is 0 Å². The first-order valence-corrected chi connectivity index (χ1v) is 7.97. The Labute approximate surface area is 117 Å². The van der Waals surface area contributed by atoms with E-state index in [4.69, 9.17) is 5.73 Å². The summed E-state index contributed by atoms with van der Waals surface area (Å²) < 4.78 is 0. The molecule has 0 amide bonds. The first-order chi connectivity index (χ1) is 9.05. The predicted octanol–water partition coefficient (Wildman–Crippen LogP) is 0.576. The topological polar surface area (TPSA) is 35.7 Å². The fourth-order valence-electron chi connectivity index (χ4n) is 4.44. The van der Waals surface area contributed by atoms with E-state index in [2.05, 4.69) is 35.6 Å². The van der Waals surface area contributed by atoms with Gasteiger partial charge in [0, 0.05) is 56.4 Å². The monoisotopic (exact) mass is 266 g/mol. The lowest BCUT2D eigenvalue weighted by atomic mass is 9.91. The Kier molecular flexibility index (Phi) is 3.63. The van der Waals surface area contributed by atoms with Crippen molar-refractivity contribution in [2.24, 2.45) is 5.73 Å². The number of rotatable bonds is 3. The van der Waals surface area contributed by atoms with Crippen LogP contribution in [0.1, 0.15) is 33.1 Å². The fraction of sp³-hybridized carbons (Fsp3) is 1.00. The van der Waals surface area contributed by atoms with Gasteiger partial charge < -0.3 is 10.6 Å². The van der Waals surface area contributed by atoms with Gasteiger partial charge in [-0.05, 0) is 40.2 Å². The Morgan fingerprint density at radius 3 is 2.47 bits per heavy atom. The summed E-state index contributed by atoms with van der Waals surface area (Å²) in [4.78, 5) is 7.91. The lowest BCUT2D eigenvalue weighted by Crippen LogP contribution is -2.64. The number of likely N-dealkylation sites (tertiary alicyclic amines) is 1. The highest BCUT2D eigenvalue weighted by molar-refractivity contribution is 5.08. The number of piperazine rings is 1. The second-order valence-electron chi connectivity index (χ2n) is 7.19. The minimum Gasteiger partial charge on any atom is -0.329 e. The van der Waals surface area contributed by atoms with Gasteiger partial charge in [0.15, 0.2) is 0 Å². The normalized spacial score (nSPS) is 42.9. The maximum atomic E-state index is 6.26. The molecule has 1 saturated carbocycles. The molecule has 2 heterocycles. The van der Waals surface area contributed by atoms with Crippen LogP contribution in [0.15, 0.2) is 0 Å². The van der Waals surface area contributed by atoms with E-state index in [-0.39, 0.29) is 5.54 Å². The van der Waals surface area contributed by atoms with Gasteiger partial charge in [-0.25, -0.2) is 0 Å². The summed E-state index contributed by atoms with van der Waals surface area (Å²) in [6, 6.07) is 2.21. The predicted molar refractivity (Wildman–Crippen MR) is 79.3 cm³/mol. The summed E-state index contributed by atoms with van der Waals surface area (Å²) in [5.74, 6) is 0. The van der Waals surface area contributed by atoms with Crippen LogP contribution in [0.3, 0.4) is 0 Å². The minimum absolute atomic E-state index is 0.239. The summed E-state index contributed by atoms with van der Waals surface area (Å²) in [6.07, 6.45) is 4.07. The van der Waals surface area contributed by atoms with Crippen LogP contribution >= 0.6 is 0 Å². The van der Waals surface area contributed by atoms with Crippen molar-refractivity contribution >= 4 is 0 Å². The molecule has 0 radical (unpaired) electrons. The highest BCUT2D eigenvalue weighted by atomic mass is 15.4. The molecule has 4 nitrogen and oxygen atoms in total. The molecule has 2 aliphatic heterocycles. The largest absolute Gasteiger partial charge is 0.329 e. The number of likely N-dealkylation sites (N-methyl/N-ethyl adjacent to an activating group) is 1. The summed E-state index contributed by atoms with van der Waals surface area (Å²) in [6.45, 7) is 10.3. The molecule has 3 aliphatic rings. The van der Waals surface area contributed by atoms with Gasteiger partial charge in [0.1, 0.15) is 0 Å². The van der Waals surface area contributed by atoms with Crippen molar-refractivity contribution < 1.29 is 0 Å². The number of hydrogen-bond donors (Lipinski definition) is 1. The maximum absolute atomic E-state index is 6.26. The average Bonchev–Trinajstić information content (AvgIpc) is 3.14. The third-order valence-corrected chi connectivity index (χ3v) is 5.55. The first kappa shape index (κ1) is 13.8. The van der Waals surface area contributed by atoms with E-state index in [1.165, 1.54) is 45.4 Å². The Hall–Kier alpha value is -0.160. The molecule has 2 saturated heterocycles. The molecule has 0 aromatic carbocycles. The Bertz CT molecular complexity index is 330. The third kappa shape index (κ3) is 2.44. The van der Waals surface area contributed by atoms with Crippen molar-refractivity contribution in [1.29, 1.82) is 0 Å². The zero-order valence-corrected chi connectivity index (χ0v) is 12.8. The van der Waals surface area contributed by atoms with Crippen LogP contribution in [-0.4, -0.2) is 78.1 Å². The van der Waals surface area contributed by atoms with Gasteiger partial charge in [0.25, 0.3) is 0 Å². The zero-order chi connectivity index (χ0) is 13.6. The van der Waals surface area contributed by atoms with E-state index in [0.29, 0.717) is 12.1 Å². The van der Waals surface area contributed by atoms with Crippen LogP contribution in [0, 0.1) is 0 Å². The highest BCUT2D eigenvalue weighted by Crippen LogP contribution is 2.40. The molecule has 0 spiro atoms. The zero-order valence-electron chi connectivity index (χ0n) is 12.8. The van der Waals surface area contributed by atoms with Crippen molar-refractivity contribution in [3.8, 4) is 0 Å². The highest BCUT2D eigenvalue weighted by Gasteiger charge is 2.50. The number of nitrogens with zero attached hydrogens (tertiary/aromatic N) is 3. The van der Waals surface area contributed by atoms with E-state index in [9.17, 15) is 0 Å². The van der Waals surface area contributed by atoms with Crippen molar-refractivity contribution in [3.63, 3.8) is 0 Å². The van der Waals surface area contributed by atoms with Crippen molar-refractivity contribution in [2.45, 2.75) is 56.8 Å².